The second-order valence-corrected chi connectivity index (χ2v) is 5.35. The lowest BCUT2D eigenvalue weighted by atomic mass is 10.4. The Kier molecular flexibility index (Phi) is 4.90. The minimum atomic E-state index is 0.854. The second-order valence-electron chi connectivity index (χ2n) is 4.24. The van der Waals surface area contributed by atoms with Crippen LogP contribution in [-0.2, 0) is 13.1 Å². The van der Waals surface area contributed by atoms with Gasteiger partial charge >= 0.3 is 0 Å². The summed E-state index contributed by atoms with van der Waals surface area (Å²) in [6.45, 7) is 7.25. The lowest BCUT2D eigenvalue weighted by Gasteiger charge is -2.03. The number of imidazole rings is 1. The average Bonchev–Trinajstić information content (AvgIpc) is 2.98. The molecule has 18 heavy (non-hydrogen) atoms. The summed E-state index contributed by atoms with van der Waals surface area (Å²) in [5.74, 6) is 1.04. The summed E-state index contributed by atoms with van der Waals surface area (Å²) in [7, 11) is 0. The Morgan fingerprint density at radius 3 is 2.94 bits per heavy atom. The Balaban J connectivity index is 2.06. The maximum Gasteiger partial charge on any atom is 0.151 e. The van der Waals surface area contributed by atoms with Gasteiger partial charge in [-0.1, -0.05) is 13.8 Å². The molecule has 98 valence electrons. The third-order valence-electron chi connectivity index (χ3n) is 2.66. The van der Waals surface area contributed by atoms with E-state index in [1.54, 1.807) is 11.3 Å². The first-order valence-electron chi connectivity index (χ1n) is 6.52. The fourth-order valence-corrected chi connectivity index (χ4v) is 2.72. The molecular formula is C13H20N4S. The molecule has 4 nitrogen and oxygen atoms in total. The van der Waals surface area contributed by atoms with Gasteiger partial charge in [0.25, 0.3) is 0 Å². The highest BCUT2D eigenvalue weighted by atomic mass is 32.1. The van der Waals surface area contributed by atoms with E-state index in [1.807, 2.05) is 18.6 Å². The highest BCUT2D eigenvalue weighted by Crippen LogP contribution is 2.24. The van der Waals surface area contributed by atoms with E-state index in [0.29, 0.717) is 0 Å². The Hall–Kier alpha value is -1.20. The summed E-state index contributed by atoms with van der Waals surface area (Å²) in [4.78, 5) is 10.0. The molecule has 0 aromatic carbocycles. The van der Waals surface area contributed by atoms with E-state index in [-0.39, 0.29) is 0 Å². The highest BCUT2D eigenvalue weighted by molar-refractivity contribution is 7.15. The van der Waals surface area contributed by atoms with E-state index >= 15 is 0 Å². The molecule has 0 aliphatic rings. The van der Waals surface area contributed by atoms with Crippen LogP contribution in [0, 0.1) is 0 Å². The SMILES string of the molecule is CCCNCc1ncc(-c2nccn2CCC)s1. The Morgan fingerprint density at radius 1 is 1.28 bits per heavy atom. The molecule has 0 spiro atoms. The molecule has 0 saturated heterocycles. The summed E-state index contributed by atoms with van der Waals surface area (Å²) < 4.78 is 2.19. The van der Waals surface area contributed by atoms with E-state index in [2.05, 4.69) is 33.7 Å². The molecule has 0 bridgehead atoms. The number of rotatable bonds is 7. The zero-order valence-electron chi connectivity index (χ0n) is 11.0. The predicted molar refractivity (Wildman–Crippen MR) is 75.6 cm³/mol. The third kappa shape index (κ3) is 3.17. The van der Waals surface area contributed by atoms with Crippen LogP contribution in [0.4, 0.5) is 0 Å². The molecule has 0 atom stereocenters. The van der Waals surface area contributed by atoms with Crippen LogP contribution in [0.5, 0.6) is 0 Å². The summed E-state index contributed by atoms with van der Waals surface area (Å²) in [6.07, 6.45) is 8.10. The molecule has 1 N–H and O–H groups in total. The molecule has 2 aromatic rings. The predicted octanol–water partition coefficient (Wildman–Crippen LogP) is 2.92. The van der Waals surface area contributed by atoms with Gasteiger partial charge < -0.3 is 9.88 Å². The summed E-state index contributed by atoms with van der Waals surface area (Å²) >= 11 is 1.72. The van der Waals surface area contributed by atoms with Crippen molar-refractivity contribution in [3.8, 4) is 10.7 Å². The molecule has 0 radical (unpaired) electrons. The Labute approximate surface area is 112 Å². The monoisotopic (exact) mass is 264 g/mol. The van der Waals surface area contributed by atoms with E-state index < -0.39 is 0 Å². The number of thiazole rings is 1. The topological polar surface area (TPSA) is 42.7 Å². The van der Waals surface area contributed by atoms with Gasteiger partial charge in [-0.3, -0.25) is 0 Å². The van der Waals surface area contributed by atoms with Crippen molar-refractivity contribution < 1.29 is 0 Å². The van der Waals surface area contributed by atoms with E-state index in [1.165, 1.54) is 0 Å². The number of aromatic nitrogens is 3. The van der Waals surface area contributed by atoms with Crippen LogP contribution in [0.2, 0.25) is 0 Å². The van der Waals surface area contributed by atoms with E-state index in [0.717, 1.165) is 48.2 Å². The molecule has 2 aromatic heterocycles. The summed E-state index contributed by atoms with van der Waals surface area (Å²) in [5, 5.41) is 4.50. The Bertz CT molecular complexity index is 475. The lowest BCUT2D eigenvalue weighted by molar-refractivity contribution is 0.673. The van der Waals surface area contributed by atoms with Gasteiger partial charge in [-0.2, -0.15) is 0 Å². The molecule has 2 heterocycles. The molecule has 0 amide bonds. The zero-order valence-corrected chi connectivity index (χ0v) is 11.8. The highest BCUT2D eigenvalue weighted by Gasteiger charge is 2.09. The standard InChI is InChI=1S/C13H20N4S/c1-3-5-14-10-12-16-9-11(18-12)13-15-6-8-17(13)7-4-2/h6,8-9,14H,3-5,7,10H2,1-2H3. The maximum atomic E-state index is 4.45. The first kappa shape index (κ1) is 13.2. The largest absolute Gasteiger partial charge is 0.330 e. The lowest BCUT2D eigenvalue weighted by Crippen LogP contribution is -2.13. The average molecular weight is 264 g/mol. The molecule has 0 fully saturated rings. The van der Waals surface area contributed by atoms with Gasteiger partial charge in [-0.25, -0.2) is 9.97 Å². The van der Waals surface area contributed by atoms with Crippen LogP contribution < -0.4 is 5.32 Å². The molecular weight excluding hydrogens is 244 g/mol. The number of hydrogen-bond donors (Lipinski definition) is 1. The minimum absolute atomic E-state index is 0.854. The number of aryl methyl sites for hydroxylation is 1. The van der Waals surface area contributed by atoms with Crippen LogP contribution in [-0.4, -0.2) is 21.1 Å². The molecule has 5 heteroatoms. The van der Waals surface area contributed by atoms with Crippen LogP contribution in [0.1, 0.15) is 31.7 Å². The van der Waals surface area contributed by atoms with Crippen molar-refractivity contribution in [2.45, 2.75) is 39.8 Å². The van der Waals surface area contributed by atoms with E-state index in [9.17, 15) is 0 Å². The molecule has 0 saturated carbocycles. The molecule has 2 rings (SSSR count). The summed E-state index contributed by atoms with van der Waals surface area (Å²) in [6, 6.07) is 0. The van der Waals surface area contributed by atoms with Crippen LogP contribution in [0.25, 0.3) is 10.7 Å². The van der Waals surface area contributed by atoms with Crippen LogP contribution in [0.15, 0.2) is 18.6 Å². The first-order chi connectivity index (χ1) is 8.85. The van der Waals surface area contributed by atoms with Gasteiger partial charge in [0.1, 0.15) is 5.01 Å². The van der Waals surface area contributed by atoms with Gasteiger partial charge in [0.2, 0.25) is 0 Å². The normalized spacial score (nSPS) is 11.0. The summed E-state index contributed by atoms with van der Waals surface area (Å²) in [5.41, 5.74) is 0. The molecule has 0 aliphatic carbocycles. The van der Waals surface area contributed by atoms with Crippen molar-refractivity contribution >= 4 is 11.3 Å². The first-order valence-corrected chi connectivity index (χ1v) is 7.33. The van der Waals surface area contributed by atoms with Gasteiger partial charge in [-0.05, 0) is 19.4 Å². The fraction of sp³-hybridized carbons (Fsp3) is 0.538. The fourth-order valence-electron chi connectivity index (χ4n) is 1.82. The van der Waals surface area contributed by atoms with E-state index in [4.69, 9.17) is 0 Å². The number of nitrogens with one attached hydrogen (secondary N) is 1. The number of nitrogens with zero attached hydrogens (tertiary/aromatic N) is 3. The van der Waals surface area contributed by atoms with Gasteiger partial charge in [0, 0.05) is 31.7 Å². The second kappa shape index (κ2) is 6.66. The Morgan fingerprint density at radius 2 is 2.17 bits per heavy atom. The van der Waals surface area contributed by atoms with Crippen molar-refractivity contribution in [2.24, 2.45) is 0 Å². The van der Waals surface area contributed by atoms with Crippen LogP contribution in [0.3, 0.4) is 0 Å². The van der Waals surface area contributed by atoms with Crippen molar-refractivity contribution in [3.63, 3.8) is 0 Å². The quantitative estimate of drug-likeness (QED) is 0.782. The van der Waals surface area contributed by atoms with Crippen molar-refractivity contribution in [2.75, 3.05) is 6.54 Å². The van der Waals surface area contributed by atoms with Crippen molar-refractivity contribution in [1.29, 1.82) is 0 Å². The maximum absolute atomic E-state index is 4.45. The molecule has 0 unspecified atom stereocenters. The van der Waals surface area contributed by atoms with Gasteiger partial charge in [-0.15, -0.1) is 11.3 Å². The van der Waals surface area contributed by atoms with Crippen LogP contribution >= 0.6 is 11.3 Å². The van der Waals surface area contributed by atoms with Crippen molar-refractivity contribution in [3.05, 3.63) is 23.6 Å². The van der Waals surface area contributed by atoms with Gasteiger partial charge in [0.05, 0.1) is 4.88 Å². The van der Waals surface area contributed by atoms with Crippen molar-refractivity contribution in [1.82, 2.24) is 19.9 Å². The third-order valence-corrected chi connectivity index (χ3v) is 3.65. The smallest absolute Gasteiger partial charge is 0.151 e. The minimum Gasteiger partial charge on any atom is -0.330 e. The molecule has 0 aliphatic heterocycles. The van der Waals surface area contributed by atoms with Gasteiger partial charge in [0.15, 0.2) is 5.82 Å². The zero-order chi connectivity index (χ0) is 12.8. The number of hydrogen-bond acceptors (Lipinski definition) is 4.